The highest BCUT2D eigenvalue weighted by Gasteiger charge is 2.01. The van der Waals surface area contributed by atoms with Crippen molar-refractivity contribution < 1.29 is 0 Å². The molecule has 0 aliphatic heterocycles. The van der Waals surface area contributed by atoms with Gasteiger partial charge in [-0.2, -0.15) is 0 Å². The van der Waals surface area contributed by atoms with Crippen molar-refractivity contribution in [3.8, 4) is 0 Å². The highest BCUT2D eigenvalue weighted by Crippen LogP contribution is 2.18. The van der Waals surface area contributed by atoms with Gasteiger partial charge in [-0.25, -0.2) is 9.97 Å². The molecule has 1 heterocycles. The summed E-state index contributed by atoms with van der Waals surface area (Å²) in [5, 5.41) is 4.10. The van der Waals surface area contributed by atoms with Gasteiger partial charge in [-0.05, 0) is 37.3 Å². The Labute approximate surface area is 112 Å². The number of hydrogen-bond acceptors (Lipinski definition) is 4. The Morgan fingerprint density at radius 2 is 1.89 bits per heavy atom. The average molecular weight is 259 g/mol. The molecule has 94 valence electrons. The number of anilines is 2. The molecule has 0 spiro atoms. The molecule has 0 aliphatic carbocycles. The summed E-state index contributed by atoms with van der Waals surface area (Å²) in [5.74, 6) is 0.844. The predicted octanol–water partition coefficient (Wildman–Crippen LogP) is 3.81. The summed E-state index contributed by atoms with van der Waals surface area (Å²) >= 11 is 1.55. The van der Waals surface area contributed by atoms with Crippen molar-refractivity contribution in [2.24, 2.45) is 0 Å². The van der Waals surface area contributed by atoms with E-state index in [4.69, 9.17) is 0 Å². The van der Waals surface area contributed by atoms with Crippen LogP contribution in [-0.2, 0) is 6.42 Å². The third-order valence-corrected chi connectivity index (χ3v) is 3.20. The Morgan fingerprint density at radius 3 is 2.50 bits per heavy atom. The molecule has 1 aromatic carbocycles. The van der Waals surface area contributed by atoms with Crippen LogP contribution in [0.4, 0.5) is 11.5 Å². The summed E-state index contributed by atoms with van der Waals surface area (Å²) in [6.45, 7) is 4.13. The number of aromatic nitrogens is 2. The summed E-state index contributed by atoms with van der Waals surface area (Å²) < 4.78 is 0. The first-order chi connectivity index (χ1) is 8.71. The number of aryl methyl sites for hydroxylation is 2. The van der Waals surface area contributed by atoms with E-state index in [0.29, 0.717) is 0 Å². The number of thioether (sulfide) groups is 1. The first-order valence-electron chi connectivity index (χ1n) is 5.97. The van der Waals surface area contributed by atoms with Crippen LogP contribution in [0.5, 0.6) is 0 Å². The monoisotopic (exact) mass is 259 g/mol. The molecular weight excluding hydrogens is 242 g/mol. The number of hydrogen-bond donors (Lipinski definition) is 1. The van der Waals surface area contributed by atoms with Crippen LogP contribution in [0.15, 0.2) is 35.5 Å². The fraction of sp³-hybridized carbons (Fsp3) is 0.286. The van der Waals surface area contributed by atoms with Crippen LogP contribution < -0.4 is 5.32 Å². The zero-order valence-electron chi connectivity index (χ0n) is 10.9. The molecule has 0 unspecified atom stereocenters. The maximum Gasteiger partial charge on any atom is 0.189 e. The predicted molar refractivity (Wildman–Crippen MR) is 77.7 cm³/mol. The van der Waals surface area contributed by atoms with Gasteiger partial charge in [0.25, 0.3) is 0 Å². The van der Waals surface area contributed by atoms with Crippen LogP contribution >= 0.6 is 11.8 Å². The normalized spacial score (nSPS) is 10.4. The Morgan fingerprint density at radius 1 is 1.17 bits per heavy atom. The Hall–Kier alpha value is -1.55. The molecule has 0 saturated carbocycles. The van der Waals surface area contributed by atoms with Gasteiger partial charge in [0.05, 0.1) is 0 Å². The van der Waals surface area contributed by atoms with Crippen molar-refractivity contribution in [3.63, 3.8) is 0 Å². The number of benzene rings is 1. The van der Waals surface area contributed by atoms with Crippen LogP contribution in [0.1, 0.15) is 18.2 Å². The third kappa shape index (κ3) is 3.23. The van der Waals surface area contributed by atoms with E-state index in [2.05, 4.69) is 46.5 Å². The Bertz CT molecular complexity index is 523. The molecule has 1 aromatic heterocycles. The third-order valence-electron chi connectivity index (χ3n) is 2.65. The maximum absolute atomic E-state index is 4.43. The molecule has 0 bridgehead atoms. The summed E-state index contributed by atoms with van der Waals surface area (Å²) in [7, 11) is 0. The van der Waals surface area contributed by atoms with E-state index in [1.807, 2.05) is 19.2 Å². The molecule has 3 nitrogen and oxygen atoms in total. The van der Waals surface area contributed by atoms with Gasteiger partial charge in [-0.1, -0.05) is 30.8 Å². The lowest BCUT2D eigenvalue weighted by Gasteiger charge is -2.08. The van der Waals surface area contributed by atoms with E-state index in [9.17, 15) is 0 Å². The summed E-state index contributed by atoms with van der Waals surface area (Å²) in [4.78, 5) is 8.76. The Balaban J connectivity index is 2.19. The molecule has 0 radical (unpaired) electrons. The lowest BCUT2D eigenvalue weighted by Crippen LogP contribution is -1.98. The molecule has 0 aliphatic rings. The fourth-order valence-corrected chi connectivity index (χ4v) is 2.09. The van der Waals surface area contributed by atoms with E-state index in [1.54, 1.807) is 11.8 Å². The lowest BCUT2D eigenvalue weighted by atomic mass is 10.1. The molecule has 2 aromatic rings. The van der Waals surface area contributed by atoms with Gasteiger partial charge < -0.3 is 5.32 Å². The largest absolute Gasteiger partial charge is 0.340 e. The summed E-state index contributed by atoms with van der Waals surface area (Å²) in [6.07, 6.45) is 3.04. The minimum absolute atomic E-state index is 0.794. The van der Waals surface area contributed by atoms with Gasteiger partial charge in [0.2, 0.25) is 0 Å². The van der Waals surface area contributed by atoms with Gasteiger partial charge in [0, 0.05) is 17.4 Å². The fourth-order valence-electron chi connectivity index (χ4n) is 1.67. The van der Waals surface area contributed by atoms with Gasteiger partial charge in [-0.15, -0.1) is 0 Å². The molecule has 0 amide bonds. The van der Waals surface area contributed by atoms with Crippen molar-refractivity contribution in [2.45, 2.75) is 25.4 Å². The van der Waals surface area contributed by atoms with E-state index in [1.165, 1.54) is 5.56 Å². The number of nitrogens with zero attached hydrogens (tertiary/aromatic N) is 2. The average Bonchev–Trinajstić information content (AvgIpc) is 2.39. The van der Waals surface area contributed by atoms with Crippen molar-refractivity contribution in [1.29, 1.82) is 0 Å². The highest BCUT2D eigenvalue weighted by molar-refractivity contribution is 7.98. The smallest absolute Gasteiger partial charge is 0.189 e. The van der Waals surface area contributed by atoms with Crippen molar-refractivity contribution in [2.75, 3.05) is 11.6 Å². The second kappa shape index (κ2) is 5.87. The Kier molecular flexibility index (Phi) is 4.20. The van der Waals surface area contributed by atoms with Gasteiger partial charge in [-0.3, -0.25) is 0 Å². The molecule has 0 saturated heterocycles. The van der Waals surface area contributed by atoms with Crippen LogP contribution in [-0.4, -0.2) is 16.2 Å². The van der Waals surface area contributed by atoms with Crippen molar-refractivity contribution >= 4 is 23.3 Å². The molecule has 18 heavy (non-hydrogen) atoms. The summed E-state index contributed by atoms with van der Waals surface area (Å²) in [6, 6.07) is 10.4. The van der Waals surface area contributed by atoms with Gasteiger partial charge >= 0.3 is 0 Å². The van der Waals surface area contributed by atoms with Crippen LogP contribution in [0, 0.1) is 6.92 Å². The van der Waals surface area contributed by atoms with Crippen molar-refractivity contribution in [3.05, 3.63) is 41.6 Å². The topological polar surface area (TPSA) is 37.8 Å². The second-order valence-electron chi connectivity index (χ2n) is 4.06. The molecule has 0 atom stereocenters. The zero-order chi connectivity index (χ0) is 13.0. The standard InChI is InChI=1S/C14H17N3S/c1-4-11-5-7-12(8-6-11)16-13-9-10(2)15-14(17-13)18-3/h5-9H,4H2,1-3H3,(H,15,16,17). The minimum Gasteiger partial charge on any atom is -0.340 e. The number of nitrogens with one attached hydrogen (secondary N) is 1. The highest BCUT2D eigenvalue weighted by atomic mass is 32.2. The van der Waals surface area contributed by atoms with E-state index in [-0.39, 0.29) is 0 Å². The van der Waals surface area contributed by atoms with E-state index in [0.717, 1.165) is 28.8 Å². The van der Waals surface area contributed by atoms with Crippen LogP contribution in [0.25, 0.3) is 0 Å². The molecular formula is C14H17N3S. The van der Waals surface area contributed by atoms with Gasteiger partial charge in [0.15, 0.2) is 5.16 Å². The molecule has 0 fully saturated rings. The summed E-state index contributed by atoms with van der Waals surface area (Å²) in [5.41, 5.74) is 3.36. The lowest BCUT2D eigenvalue weighted by molar-refractivity contribution is 0.940. The van der Waals surface area contributed by atoms with Crippen LogP contribution in [0.3, 0.4) is 0 Å². The number of rotatable bonds is 4. The first-order valence-corrected chi connectivity index (χ1v) is 7.19. The molecule has 2 rings (SSSR count). The second-order valence-corrected chi connectivity index (χ2v) is 4.83. The quantitative estimate of drug-likeness (QED) is 0.669. The SMILES string of the molecule is CCc1ccc(Nc2cc(C)nc(SC)n2)cc1. The minimum atomic E-state index is 0.794. The van der Waals surface area contributed by atoms with E-state index < -0.39 is 0 Å². The van der Waals surface area contributed by atoms with Gasteiger partial charge in [0.1, 0.15) is 5.82 Å². The molecule has 4 heteroatoms. The molecule has 1 N–H and O–H groups in total. The van der Waals surface area contributed by atoms with Crippen molar-refractivity contribution in [1.82, 2.24) is 9.97 Å². The maximum atomic E-state index is 4.43. The van der Waals surface area contributed by atoms with E-state index >= 15 is 0 Å². The first kappa shape index (κ1) is 12.9. The zero-order valence-corrected chi connectivity index (χ0v) is 11.7. The van der Waals surface area contributed by atoms with Crippen LogP contribution in [0.2, 0.25) is 0 Å².